The molecular formula is C19H14ClN3O3. The number of anilines is 1. The van der Waals surface area contributed by atoms with Gasteiger partial charge >= 0.3 is 0 Å². The van der Waals surface area contributed by atoms with E-state index in [1.165, 1.54) is 6.20 Å². The van der Waals surface area contributed by atoms with Crippen LogP contribution in [0.4, 0.5) is 5.95 Å². The molecule has 0 fully saturated rings. The first-order valence-electron chi connectivity index (χ1n) is 8.10. The molecule has 1 amide bonds. The fraction of sp³-hybridized carbons (Fsp3) is 0.158. The van der Waals surface area contributed by atoms with Crippen LogP contribution in [0.3, 0.4) is 0 Å². The van der Waals surface area contributed by atoms with Crippen LogP contribution >= 0.6 is 11.6 Å². The molecule has 0 bridgehead atoms. The molecule has 0 aliphatic heterocycles. The number of fused-ring (bicyclic) bond motifs is 1. The first-order chi connectivity index (χ1) is 12.6. The SMILES string of the molecule is O=C(Nc1ncc2c(n1)C[C@H](c1ccco1)CC2=O)c1ccccc1Cl. The average molecular weight is 368 g/mol. The molecule has 1 aromatic carbocycles. The van der Waals surface area contributed by atoms with E-state index in [-0.39, 0.29) is 17.6 Å². The molecule has 7 heteroatoms. The zero-order valence-corrected chi connectivity index (χ0v) is 14.4. The number of nitrogens with one attached hydrogen (secondary N) is 1. The van der Waals surface area contributed by atoms with Crippen molar-refractivity contribution in [3.63, 3.8) is 0 Å². The van der Waals surface area contributed by atoms with Gasteiger partial charge < -0.3 is 4.42 Å². The molecule has 0 saturated carbocycles. The molecule has 0 radical (unpaired) electrons. The molecular weight excluding hydrogens is 354 g/mol. The minimum Gasteiger partial charge on any atom is -0.469 e. The van der Waals surface area contributed by atoms with Crippen LogP contribution in [0.5, 0.6) is 0 Å². The molecule has 1 atom stereocenters. The van der Waals surface area contributed by atoms with E-state index in [1.807, 2.05) is 6.07 Å². The van der Waals surface area contributed by atoms with E-state index in [1.54, 1.807) is 36.6 Å². The summed E-state index contributed by atoms with van der Waals surface area (Å²) in [5, 5.41) is 2.98. The lowest BCUT2D eigenvalue weighted by Gasteiger charge is -2.21. The molecule has 1 aliphatic carbocycles. The summed E-state index contributed by atoms with van der Waals surface area (Å²) in [5.74, 6) is 0.398. The van der Waals surface area contributed by atoms with Crippen LogP contribution in [-0.2, 0) is 6.42 Å². The average Bonchev–Trinajstić information content (AvgIpc) is 3.16. The number of benzene rings is 1. The number of Topliss-reactive ketones (excluding diaryl/α,β-unsaturated/α-hetero) is 1. The summed E-state index contributed by atoms with van der Waals surface area (Å²) in [6, 6.07) is 10.4. The third kappa shape index (κ3) is 3.11. The van der Waals surface area contributed by atoms with Crippen LogP contribution < -0.4 is 5.32 Å². The van der Waals surface area contributed by atoms with Crippen molar-refractivity contribution in [3.8, 4) is 0 Å². The second-order valence-electron chi connectivity index (χ2n) is 6.03. The lowest BCUT2D eigenvalue weighted by atomic mass is 9.85. The number of nitrogens with zero attached hydrogens (tertiary/aromatic N) is 2. The third-order valence-corrected chi connectivity index (χ3v) is 4.66. The largest absolute Gasteiger partial charge is 0.469 e. The van der Waals surface area contributed by atoms with Gasteiger partial charge in [-0.05, 0) is 24.3 Å². The van der Waals surface area contributed by atoms with Gasteiger partial charge in [0.15, 0.2) is 5.78 Å². The second-order valence-corrected chi connectivity index (χ2v) is 6.44. The Morgan fingerprint density at radius 3 is 2.81 bits per heavy atom. The third-order valence-electron chi connectivity index (χ3n) is 4.33. The highest BCUT2D eigenvalue weighted by molar-refractivity contribution is 6.34. The summed E-state index contributed by atoms with van der Waals surface area (Å²) in [5.41, 5.74) is 1.43. The maximum atomic E-state index is 12.4. The monoisotopic (exact) mass is 367 g/mol. The van der Waals surface area contributed by atoms with Gasteiger partial charge in [-0.2, -0.15) is 0 Å². The van der Waals surface area contributed by atoms with Gasteiger partial charge in [-0.25, -0.2) is 9.97 Å². The van der Waals surface area contributed by atoms with Crippen molar-refractivity contribution in [2.75, 3.05) is 5.32 Å². The summed E-state index contributed by atoms with van der Waals surface area (Å²) in [4.78, 5) is 33.2. The zero-order chi connectivity index (χ0) is 18.1. The minimum atomic E-state index is -0.403. The van der Waals surface area contributed by atoms with Gasteiger partial charge in [-0.3, -0.25) is 14.9 Å². The van der Waals surface area contributed by atoms with Gasteiger partial charge in [0.25, 0.3) is 5.91 Å². The van der Waals surface area contributed by atoms with Crippen LogP contribution in [0.2, 0.25) is 5.02 Å². The zero-order valence-electron chi connectivity index (χ0n) is 13.6. The number of halogens is 1. The first-order valence-corrected chi connectivity index (χ1v) is 8.48. The Labute approximate surface area is 154 Å². The van der Waals surface area contributed by atoms with Crippen LogP contribution in [0.25, 0.3) is 0 Å². The molecule has 2 aromatic heterocycles. The van der Waals surface area contributed by atoms with Gasteiger partial charge in [0.1, 0.15) is 5.76 Å². The number of amides is 1. The highest BCUT2D eigenvalue weighted by Crippen LogP contribution is 2.32. The Bertz CT molecular complexity index is 985. The van der Waals surface area contributed by atoms with Crippen LogP contribution in [-0.4, -0.2) is 21.7 Å². The maximum Gasteiger partial charge on any atom is 0.259 e. The number of furan rings is 1. The van der Waals surface area contributed by atoms with E-state index < -0.39 is 5.91 Å². The maximum absolute atomic E-state index is 12.4. The van der Waals surface area contributed by atoms with Crippen LogP contribution in [0.15, 0.2) is 53.3 Å². The van der Waals surface area contributed by atoms with E-state index in [0.29, 0.717) is 34.7 Å². The summed E-state index contributed by atoms with van der Waals surface area (Å²) in [7, 11) is 0. The van der Waals surface area contributed by atoms with E-state index in [4.69, 9.17) is 16.0 Å². The molecule has 4 rings (SSSR count). The van der Waals surface area contributed by atoms with E-state index in [9.17, 15) is 9.59 Å². The quantitative estimate of drug-likeness (QED) is 0.759. The standard InChI is InChI=1S/C19H14ClN3O3/c20-14-5-2-1-4-12(14)18(25)23-19-21-10-13-15(22-19)8-11(9-16(13)24)17-6-3-7-26-17/h1-7,10-11H,8-9H2,(H,21,22,23,25)/t11-/m0/s1. The predicted octanol–water partition coefficient (Wildman–Crippen LogP) is 3.89. The van der Waals surface area contributed by atoms with Crippen molar-refractivity contribution in [1.29, 1.82) is 0 Å². The van der Waals surface area contributed by atoms with Gasteiger partial charge in [0, 0.05) is 25.0 Å². The van der Waals surface area contributed by atoms with Crippen molar-refractivity contribution in [3.05, 3.63) is 76.5 Å². The number of carbonyl (C=O) groups is 2. The molecule has 26 heavy (non-hydrogen) atoms. The Kier molecular flexibility index (Phi) is 4.26. The lowest BCUT2D eigenvalue weighted by Crippen LogP contribution is -2.22. The lowest BCUT2D eigenvalue weighted by molar-refractivity contribution is 0.0958. The van der Waals surface area contributed by atoms with E-state index >= 15 is 0 Å². The van der Waals surface area contributed by atoms with Crippen molar-refractivity contribution in [2.45, 2.75) is 18.8 Å². The Morgan fingerprint density at radius 2 is 2.04 bits per heavy atom. The number of carbonyl (C=O) groups excluding carboxylic acids is 2. The first kappa shape index (κ1) is 16.5. The van der Waals surface area contributed by atoms with Crippen LogP contribution in [0, 0.1) is 0 Å². The number of rotatable bonds is 3. The Hall–Kier alpha value is -2.99. The highest BCUT2D eigenvalue weighted by Gasteiger charge is 2.29. The number of ketones is 1. The van der Waals surface area contributed by atoms with Gasteiger partial charge in [0.2, 0.25) is 5.95 Å². The number of hydrogen-bond acceptors (Lipinski definition) is 5. The van der Waals surface area contributed by atoms with Gasteiger partial charge in [-0.1, -0.05) is 23.7 Å². The fourth-order valence-electron chi connectivity index (χ4n) is 3.04. The molecule has 0 spiro atoms. The summed E-state index contributed by atoms with van der Waals surface area (Å²) >= 11 is 6.04. The Morgan fingerprint density at radius 1 is 1.19 bits per heavy atom. The minimum absolute atomic E-state index is 0.0309. The van der Waals surface area contributed by atoms with Crippen molar-refractivity contribution in [2.24, 2.45) is 0 Å². The molecule has 3 aromatic rings. The van der Waals surface area contributed by atoms with E-state index in [0.717, 1.165) is 5.76 Å². The summed E-state index contributed by atoms with van der Waals surface area (Å²) in [6.45, 7) is 0. The Balaban J connectivity index is 1.59. The smallest absolute Gasteiger partial charge is 0.259 e. The number of hydrogen-bond donors (Lipinski definition) is 1. The van der Waals surface area contributed by atoms with E-state index in [2.05, 4.69) is 15.3 Å². The van der Waals surface area contributed by atoms with Crippen molar-refractivity contribution in [1.82, 2.24) is 9.97 Å². The predicted molar refractivity (Wildman–Crippen MR) is 95.5 cm³/mol. The summed E-state index contributed by atoms with van der Waals surface area (Å²) < 4.78 is 5.42. The molecule has 2 heterocycles. The fourth-order valence-corrected chi connectivity index (χ4v) is 3.27. The topological polar surface area (TPSA) is 85.1 Å². The van der Waals surface area contributed by atoms with Gasteiger partial charge in [-0.15, -0.1) is 0 Å². The van der Waals surface area contributed by atoms with Gasteiger partial charge in [0.05, 0.1) is 28.1 Å². The molecule has 1 N–H and O–H groups in total. The van der Waals surface area contributed by atoms with Crippen molar-refractivity contribution >= 4 is 29.2 Å². The molecule has 0 unspecified atom stereocenters. The highest BCUT2D eigenvalue weighted by atomic mass is 35.5. The molecule has 1 aliphatic rings. The summed E-state index contributed by atoms with van der Waals surface area (Å²) in [6.07, 6.45) is 3.96. The molecule has 130 valence electrons. The molecule has 6 nitrogen and oxygen atoms in total. The van der Waals surface area contributed by atoms with Crippen molar-refractivity contribution < 1.29 is 14.0 Å². The van der Waals surface area contributed by atoms with Crippen LogP contribution in [0.1, 0.15) is 44.5 Å². The second kappa shape index (κ2) is 6.72. The number of aromatic nitrogens is 2. The molecule has 0 saturated heterocycles. The normalized spacial score (nSPS) is 16.2.